The van der Waals surface area contributed by atoms with Gasteiger partial charge in [-0.2, -0.15) is 0 Å². The Morgan fingerprint density at radius 3 is 1.57 bits per heavy atom. The first kappa shape index (κ1) is 53.3. The quantitative estimate of drug-likeness (QED) is 0.0200. The number of carbonyl (C=O) groups is 3. The molecular formula is C48H85NO7. The number of carboxylic acids is 1. The number of carboxylic acid groups (broad SMARTS) is 1. The van der Waals surface area contributed by atoms with Crippen LogP contribution in [-0.2, 0) is 28.6 Å². The van der Waals surface area contributed by atoms with Gasteiger partial charge in [-0.15, -0.1) is 0 Å². The average molecular weight is 788 g/mol. The topological polar surface area (TPSA) is 102 Å². The van der Waals surface area contributed by atoms with Gasteiger partial charge in [0.1, 0.15) is 12.6 Å². The molecule has 0 amide bonds. The zero-order valence-electron chi connectivity index (χ0n) is 36.8. The molecule has 2 atom stereocenters. The Hall–Kier alpha value is -2.71. The van der Waals surface area contributed by atoms with E-state index in [1.165, 1.54) is 77.0 Å². The van der Waals surface area contributed by atoms with Gasteiger partial charge >= 0.3 is 11.9 Å². The van der Waals surface area contributed by atoms with Crippen molar-refractivity contribution in [2.24, 2.45) is 0 Å². The first-order valence-electron chi connectivity index (χ1n) is 22.7. The van der Waals surface area contributed by atoms with Gasteiger partial charge in [-0.3, -0.25) is 9.59 Å². The molecule has 0 aromatic carbocycles. The molecule has 0 spiro atoms. The monoisotopic (exact) mass is 788 g/mol. The minimum Gasteiger partial charge on any atom is -0.544 e. The van der Waals surface area contributed by atoms with Crippen LogP contribution in [0.1, 0.15) is 187 Å². The van der Waals surface area contributed by atoms with Crippen LogP contribution in [0.3, 0.4) is 0 Å². The van der Waals surface area contributed by atoms with E-state index in [1.807, 2.05) is 0 Å². The molecule has 8 heteroatoms. The summed E-state index contributed by atoms with van der Waals surface area (Å²) in [6, 6.07) is -0.730. The number of hydrogen-bond donors (Lipinski definition) is 0. The van der Waals surface area contributed by atoms with Gasteiger partial charge in [0.05, 0.1) is 40.3 Å². The smallest absolute Gasteiger partial charge is 0.306 e. The van der Waals surface area contributed by atoms with E-state index in [0.29, 0.717) is 12.8 Å². The number of ether oxygens (including phenoxy) is 3. The van der Waals surface area contributed by atoms with Gasteiger partial charge in [0, 0.05) is 19.3 Å². The molecule has 0 N–H and O–H groups in total. The first-order valence-corrected chi connectivity index (χ1v) is 22.7. The van der Waals surface area contributed by atoms with Gasteiger partial charge in [-0.25, -0.2) is 0 Å². The molecule has 0 aliphatic carbocycles. The number of hydrogen-bond acceptors (Lipinski definition) is 7. The number of quaternary nitrogens is 1. The molecule has 0 aromatic rings. The van der Waals surface area contributed by atoms with Crippen LogP contribution in [0.2, 0.25) is 0 Å². The van der Waals surface area contributed by atoms with Gasteiger partial charge in [0.15, 0.2) is 6.10 Å². The maximum absolute atomic E-state index is 12.7. The van der Waals surface area contributed by atoms with Crippen molar-refractivity contribution >= 4 is 17.9 Å². The standard InChI is InChI=1S/C48H85NO7/c1-6-8-10-12-14-16-18-20-22-23-24-25-27-28-30-32-34-36-38-46(50)55-43-44(42-54-41-40-45(48(52)53)49(3,4)5)56-47(51)39-37-35-33-31-29-26-21-19-17-15-13-11-9-7-2/h9,11,15,17,22-25,44-45H,6-8,10,12-14,16,18-21,26-43H2,1-5H3/b11-9+,17-15+,23-22+,25-24+. The van der Waals surface area contributed by atoms with Gasteiger partial charge in [0.2, 0.25) is 0 Å². The lowest BCUT2D eigenvalue weighted by atomic mass is 10.1. The Balaban J connectivity index is 4.35. The number of nitrogens with zero attached hydrogens (tertiary/aromatic N) is 1. The van der Waals surface area contributed by atoms with E-state index < -0.39 is 18.1 Å². The Kier molecular flexibility index (Phi) is 37.2. The van der Waals surface area contributed by atoms with Crippen molar-refractivity contribution in [3.05, 3.63) is 48.6 Å². The second-order valence-corrected chi connectivity index (χ2v) is 16.3. The molecule has 0 radical (unpaired) electrons. The van der Waals surface area contributed by atoms with Gasteiger partial charge in [-0.1, -0.05) is 152 Å². The molecule has 0 fully saturated rings. The van der Waals surface area contributed by atoms with Crippen LogP contribution in [0.15, 0.2) is 48.6 Å². The molecule has 0 saturated carbocycles. The SMILES string of the molecule is CC/C=C/C/C=C/CCCCCCCCCC(=O)OC(COCCC(C(=O)[O-])[N+](C)(C)C)COC(=O)CCCCCCC/C=C/C=C/CCCCCCCCC. The summed E-state index contributed by atoms with van der Waals surface area (Å²) in [5, 5.41) is 11.6. The molecule has 0 saturated heterocycles. The van der Waals surface area contributed by atoms with Gasteiger partial charge in [-0.05, 0) is 64.2 Å². The minimum atomic E-state index is -1.13. The van der Waals surface area contributed by atoms with Crippen LogP contribution in [0.5, 0.6) is 0 Å². The van der Waals surface area contributed by atoms with Crippen LogP contribution in [0.4, 0.5) is 0 Å². The fourth-order valence-electron chi connectivity index (χ4n) is 6.45. The zero-order chi connectivity index (χ0) is 41.4. The normalized spacial score (nSPS) is 13.4. The Morgan fingerprint density at radius 1 is 0.571 bits per heavy atom. The van der Waals surface area contributed by atoms with E-state index in [1.54, 1.807) is 21.1 Å². The van der Waals surface area contributed by atoms with Crippen LogP contribution in [0, 0.1) is 0 Å². The highest BCUT2D eigenvalue weighted by atomic mass is 16.6. The lowest BCUT2D eigenvalue weighted by Gasteiger charge is -2.34. The number of allylic oxidation sites excluding steroid dienone is 8. The molecule has 0 rings (SSSR count). The van der Waals surface area contributed by atoms with Crippen LogP contribution in [0.25, 0.3) is 0 Å². The summed E-state index contributed by atoms with van der Waals surface area (Å²) in [4.78, 5) is 36.9. The molecule has 0 heterocycles. The second kappa shape index (κ2) is 39.1. The summed E-state index contributed by atoms with van der Waals surface area (Å²) in [6.45, 7) is 4.53. The van der Waals surface area contributed by atoms with Crippen molar-refractivity contribution in [1.82, 2.24) is 0 Å². The summed E-state index contributed by atoms with van der Waals surface area (Å²) < 4.78 is 17.2. The van der Waals surface area contributed by atoms with Crippen LogP contribution >= 0.6 is 0 Å². The van der Waals surface area contributed by atoms with E-state index in [2.05, 4.69) is 62.5 Å². The van der Waals surface area contributed by atoms with Crippen molar-refractivity contribution in [3.63, 3.8) is 0 Å². The zero-order valence-corrected chi connectivity index (χ0v) is 36.8. The van der Waals surface area contributed by atoms with Crippen molar-refractivity contribution in [3.8, 4) is 0 Å². The van der Waals surface area contributed by atoms with E-state index in [-0.39, 0.29) is 42.7 Å². The van der Waals surface area contributed by atoms with Gasteiger partial charge < -0.3 is 28.6 Å². The number of unbranched alkanes of at least 4 members (excludes halogenated alkanes) is 19. The fourth-order valence-corrected chi connectivity index (χ4v) is 6.45. The van der Waals surface area contributed by atoms with Crippen LogP contribution in [-0.4, -0.2) is 75.5 Å². The lowest BCUT2D eigenvalue weighted by Crippen LogP contribution is -2.55. The number of aliphatic carboxylic acids is 1. The lowest BCUT2D eigenvalue weighted by molar-refractivity contribution is -0.889. The number of likely N-dealkylation sites (N-methyl/N-ethyl adjacent to an activating group) is 1. The molecule has 0 bridgehead atoms. The Morgan fingerprint density at radius 2 is 1.05 bits per heavy atom. The molecule has 56 heavy (non-hydrogen) atoms. The molecule has 324 valence electrons. The van der Waals surface area contributed by atoms with Crippen molar-refractivity contribution < 1.29 is 38.2 Å². The largest absolute Gasteiger partial charge is 0.544 e. The van der Waals surface area contributed by atoms with Crippen molar-refractivity contribution in [2.75, 3.05) is 41.0 Å². The summed E-state index contributed by atoms with van der Waals surface area (Å²) >= 11 is 0. The Bertz CT molecular complexity index is 1060. The van der Waals surface area contributed by atoms with E-state index in [0.717, 1.165) is 77.0 Å². The highest BCUT2D eigenvalue weighted by Gasteiger charge is 2.25. The third-order valence-electron chi connectivity index (χ3n) is 9.98. The number of rotatable bonds is 40. The summed E-state index contributed by atoms with van der Waals surface area (Å²) in [5.74, 6) is -1.77. The summed E-state index contributed by atoms with van der Waals surface area (Å²) in [6.07, 6.45) is 45.6. The summed E-state index contributed by atoms with van der Waals surface area (Å²) in [7, 11) is 5.40. The maximum atomic E-state index is 12.7. The third kappa shape index (κ3) is 36.9. The predicted octanol–water partition coefficient (Wildman–Crippen LogP) is 11.1. The highest BCUT2D eigenvalue weighted by Crippen LogP contribution is 2.14. The molecule has 8 nitrogen and oxygen atoms in total. The summed E-state index contributed by atoms with van der Waals surface area (Å²) in [5.41, 5.74) is 0. The Labute approximate surface area is 344 Å². The van der Waals surface area contributed by atoms with Crippen LogP contribution < -0.4 is 5.11 Å². The predicted molar refractivity (Wildman–Crippen MR) is 231 cm³/mol. The molecule has 0 aliphatic rings. The maximum Gasteiger partial charge on any atom is 0.306 e. The first-order chi connectivity index (χ1) is 27.1. The molecular weight excluding hydrogens is 703 g/mol. The van der Waals surface area contributed by atoms with Crippen molar-refractivity contribution in [1.29, 1.82) is 0 Å². The highest BCUT2D eigenvalue weighted by molar-refractivity contribution is 5.70. The number of esters is 2. The third-order valence-corrected chi connectivity index (χ3v) is 9.98. The molecule has 0 aromatic heterocycles. The number of carbonyl (C=O) groups excluding carboxylic acids is 3. The van der Waals surface area contributed by atoms with E-state index in [4.69, 9.17) is 14.2 Å². The van der Waals surface area contributed by atoms with E-state index in [9.17, 15) is 19.5 Å². The van der Waals surface area contributed by atoms with Crippen molar-refractivity contribution in [2.45, 2.75) is 199 Å². The fraction of sp³-hybridized carbons (Fsp3) is 0.771. The average Bonchev–Trinajstić information content (AvgIpc) is 3.15. The minimum absolute atomic E-state index is 0.0317. The van der Waals surface area contributed by atoms with E-state index >= 15 is 0 Å². The van der Waals surface area contributed by atoms with Gasteiger partial charge in [0.25, 0.3) is 0 Å². The molecule has 0 aliphatic heterocycles. The molecule has 2 unspecified atom stereocenters. The second-order valence-electron chi connectivity index (χ2n) is 16.3.